The van der Waals surface area contributed by atoms with Gasteiger partial charge in [0.2, 0.25) is 10.0 Å². The number of sulfonamides is 1. The van der Waals surface area contributed by atoms with Crippen LogP contribution in [0.4, 0.5) is 5.69 Å². The predicted octanol–water partition coefficient (Wildman–Crippen LogP) is 4.12. The van der Waals surface area contributed by atoms with Crippen LogP contribution in [-0.4, -0.2) is 30.9 Å². The predicted molar refractivity (Wildman–Crippen MR) is 135 cm³/mol. The van der Waals surface area contributed by atoms with Crippen molar-refractivity contribution in [1.29, 1.82) is 5.41 Å². The zero-order chi connectivity index (χ0) is 24.2. The molecule has 4 rings (SSSR count). The molecule has 7 nitrogen and oxygen atoms in total. The van der Waals surface area contributed by atoms with Crippen molar-refractivity contribution in [3.05, 3.63) is 90.0 Å². The number of nitrogens with one attached hydrogen (secondary N) is 3. The molecule has 3 N–H and O–H groups in total. The van der Waals surface area contributed by atoms with E-state index in [1.807, 2.05) is 67.6 Å². The van der Waals surface area contributed by atoms with E-state index in [9.17, 15) is 13.2 Å². The van der Waals surface area contributed by atoms with Crippen molar-refractivity contribution >= 4 is 27.6 Å². The third-order valence-corrected chi connectivity index (χ3v) is 7.61. The van der Waals surface area contributed by atoms with Crippen LogP contribution in [0.2, 0.25) is 0 Å². The molecular formula is C26H30N4O3S. The van der Waals surface area contributed by atoms with Gasteiger partial charge in [0, 0.05) is 11.6 Å². The standard InChI is InChI=1S/C26H30N4O3S/c1-2-3-17-34(32,33)29-23-16-10-11-20(18-23)19-30-24(31)26(28-25(30)27,21-12-6-4-7-13-21)22-14-8-5-9-15-22/h4-14,16,18,22,29H,2-3,15,17,19H2,1H3,(H2,27,28). The number of carbonyl (C=O) groups is 1. The van der Waals surface area contributed by atoms with Gasteiger partial charge in [0.25, 0.3) is 5.91 Å². The van der Waals surface area contributed by atoms with Crippen LogP contribution in [0.1, 0.15) is 37.3 Å². The second kappa shape index (κ2) is 9.85. The molecule has 1 amide bonds. The van der Waals surface area contributed by atoms with E-state index in [-0.39, 0.29) is 30.1 Å². The zero-order valence-corrected chi connectivity index (χ0v) is 20.0. The summed E-state index contributed by atoms with van der Waals surface area (Å²) in [4.78, 5) is 15.4. The van der Waals surface area contributed by atoms with Crippen LogP contribution in [0.5, 0.6) is 0 Å². The van der Waals surface area contributed by atoms with E-state index in [2.05, 4.69) is 10.0 Å². The Morgan fingerprint density at radius 2 is 1.94 bits per heavy atom. The average Bonchev–Trinajstić information content (AvgIpc) is 3.09. The minimum atomic E-state index is -3.43. The van der Waals surface area contributed by atoms with Gasteiger partial charge in [-0.1, -0.05) is 80.1 Å². The molecule has 0 spiro atoms. The number of anilines is 1. The molecule has 1 fully saturated rings. The van der Waals surface area contributed by atoms with Crippen molar-refractivity contribution in [1.82, 2.24) is 10.2 Å². The van der Waals surface area contributed by atoms with Gasteiger partial charge in [-0.15, -0.1) is 0 Å². The minimum Gasteiger partial charge on any atom is -0.337 e. The second-order valence-electron chi connectivity index (χ2n) is 8.67. The van der Waals surface area contributed by atoms with Crippen molar-refractivity contribution < 1.29 is 13.2 Å². The Bertz CT molecular complexity index is 1220. The Balaban J connectivity index is 1.60. The number of hydrogen-bond acceptors (Lipinski definition) is 4. The first kappa shape index (κ1) is 23.8. The number of hydrogen-bond donors (Lipinski definition) is 3. The molecule has 8 heteroatoms. The number of unbranched alkanes of at least 4 members (excludes halogenated alkanes) is 1. The maximum Gasteiger partial charge on any atom is 0.260 e. The highest BCUT2D eigenvalue weighted by Crippen LogP contribution is 2.40. The number of allylic oxidation sites excluding steroid dienone is 3. The molecule has 1 saturated heterocycles. The van der Waals surface area contributed by atoms with Gasteiger partial charge < -0.3 is 5.32 Å². The quantitative estimate of drug-likeness (QED) is 0.504. The number of nitrogens with zero attached hydrogens (tertiary/aromatic N) is 1. The summed E-state index contributed by atoms with van der Waals surface area (Å²) in [6, 6.07) is 16.5. The van der Waals surface area contributed by atoms with Crippen molar-refractivity contribution in [3.8, 4) is 0 Å². The topological polar surface area (TPSA) is 102 Å². The lowest BCUT2D eigenvalue weighted by molar-refractivity contribution is -0.133. The summed E-state index contributed by atoms with van der Waals surface area (Å²) in [6.07, 6.45) is 10.0. The van der Waals surface area contributed by atoms with E-state index in [0.29, 0.717) is 18.5 Å². The van der Waals surface area contributed by atoms with Gasteiger partial charge in [-0.05, 0) is 36.1 Å². The van der Waals surface area contributed by atoms with Crippen molar-refractivity contribution in [2.75, 3.05) is 10.5 Å². The second-order valence-corrected chi connectivity index (χ2v) is 10.5. The largest absolute Gasteiger partial charge is 0.337 e. The molecule has 1 aliphatic heterocycles. The Morgan fingerprint density at radius 3 is 2.65 bits per heavy atom. The molecule has 178 valence electrons. The molecule has 34 heavy (non-hydrogen) atoms. The lowest BCUT2D eigenvalue weighted by Gasteiger charge is -2.34. The van der Waals surface area contributed by atoms with Gasteiger partial charge in [0.15, 0.2) is 11.5 Å². The molecule has 0 bridgehead atoms. The number of amides is 1. The third kappa shape index (κ3) is 4.77. The van der Waals surface area contributed by atoms with E-state index in [4.69, 9.17) is 5.41 Å². The number of guanidine groups is 1. The monoisotopic (exact) mass is 478 g/mol. The van der Waals surface area contributed by atoms with Crippen LogP contribution in [0.3, 0.4) is 0 Å². The van der Waals surface area contributed by atoms with Gasteiger partial charge in [0.05, 0.1) is 12.3 Å². The third-order valence-electron chi connectivity index (χ3n) is 6.24. The maximum atomic E-state index is 13.9. The minimum absolute atomic E-state index is 0.0331. The number of benzene rings is 2. The number of rotatable bonds is 9. The normalized spacial score (nSPS) is 22.1. The Morgan fingerprint density at radius 1 is 1.15 bits per heavy atom. The fraction of sp³-hybridized carbons (Fsp3) is 0.308. The SMILES string of the molecule is CCCCS(=O)(=O)Nc1cccc(CN2C(=N)NC(c3ccccc3)(C3C=CC=CC3)C2=O)c1. The summed E-state index contributed by atoms with van der Waals surface area (Å²) in [5.74, 6) is -0.238. The Hall–Kier alpha value is -3.39. The zero-order valence-electron chi connectivity index (χ0n) is 19.2. The molecule has 2 aromatic rings. The highest BCUT2D eigenvalue weighted by atomic mass is 32.2. The fourth-order valence-electron chi connectivity index (χ4n) is 4.52. The Labute approximate surface area is 201 Å². The molecule has 2 unspecified atom stereocenters. The van der Waals surface area contributed by atoms with E-state index >= 15 is 0 Å². The lowest BCUT2D eigenvalue weighted by atomic mass is 9.75. The average molecular weight is 479 g/mol. The van der Waals surface area contributed by atoms with Gasteiger partial charge in [-0.2, -0.15) is 0 Å². The van der Waals surface area contributed by atoms with E-state index in [1.165, 1.54) is 4.90 Å². The van der Waals surface area contributed by atoms with E-state index in [1.54, 1.807) is 18.2 Å². The lowest BCUT2D eigenvalue weighted by Crippen LogP contribution is -2.50. The summed E-state index contributed by atoms with van der Waals surface area (Å²) in [5.41, 5.74) is 0.932. The van der Waals surface area contributed by atoms with Gasteiger partial charge in [0.1, 0.15) is 0 Å². The molecule has 2 aliphatic rings. The highest BCUT2D eigenvalue weighted by Gasteiger charge is 2.54. The number of carbonyl (C=O) groups excluding carboxylic acids is 1. The van der Waals surface area contributed by atoms with Crippen molar-refractivity contribution in [2.24, 2.45) is 5.92 Å². The van der Waals surface area contributed by atoms with Crippen LogP contribution < -0.4 is 10.0 Å². The van der Waals surface area contributed by atoms with Crippen LogP contribution in [0.15, 0.2) is 78.9 Å². The van der Waals surface area contributed by atoms with E-state index < -0.39 is 15.6 Å². The summed E-state index contributed by atoms with van der Waals surface area (Å²) >= 11 is 0. The van der Waals surface area contributed by atoms with Crippen LogP contribution in [0.25, 0.3) is 0 Å². The molecule has 0 radical (unpaired) electrons. The Kier molecular flexibility index (Phi) is 6.88. The molecule has 0 aromatic heterocycles. The summed E-state index contributed by atoms with van der Waals surface area (Å²) < 4.78 is 27.2. The van der Waals surface area contributed by atoms with Crippen LogP contribution in [0, 0.1) is 11.3 Å². The smallest absolute Gasteiger partial charge is 0.260 e. The fourth-order valence-corrected chi connectivity index (χ4v) is 5.77. The molecule has 2 atom stereocenters. The van der Waals surface area contributed by atoms with Gasteiger partial charge in [-0.25, -0.2) is 8.42 Å². The van der Waals surface area contributed by atoms with Crippen LogP contribution in [-0.2, 0) is 26.9 Å². The summed E-state index contributed by atoms with van der Waals surface area (Å²) in [5, 5.41) is 11.8. The maximum absolute atomic E-state index is 13.9. The molecule has 2 aromatic carbocycles. The van der Waals surface area contributed by atoms with Crippen molar-refractivity contribution in [3.63, 3.8) is 0 Å². The first-order valence-corrected chi connectivity index (χ1v) is 13.2. The molecule has 0 saturated carbocycles. The van der Waals surface area contributed by atoms with Gasteiger partial charge in [-0.3, -0.25) is 19.8 Å². The van der Waals surface area contributed by atoms with E-state index in [0.717, 1.165) is 17.5 Å². The van der Waals surface area contributed by atoms with Crippen LogP contribution >= 0.6 is 0 Å². The molecule has 1 heterocycles. The molecular weight excluding hydrogens is 448 g/mol. The first-order chi connectivity index (χ1) is 16.4. The highest BCUT2D eigenvalue weighted by molar-refractivity contribution is 7.92. The summed E-state index contributed by atoms with van der Waals surface area (Å²) in [6.45, 7) is 2.11. The summed E-state index contributed by atoms with van der Waals surface area (Å²) in [7, 11) is -3.43. The van der Waals surface area contributed by atoms with Gasteiger partial charge >= 0.3 is 0 Å². The first-order valence-electron chi connectivity index (χ1n) is 11.5. The van der Waals surface area contributed by atoms with Crippen molar-refractivity contribution in [2.45, 2.75) is 38.3 Å². The molecule has 1 aliphatic carbocycles.